The number of hydrogen-bond donors (Lipinski definition) is 1. The number of anilines is 1. The highest BCUT2D eigenvalue weighted by Crippen LogP contribution is 2.29. The average molecular weight is 274 g/mol. The number of fused-ring (bicyclic) bond motifs is 1. The lowest BCUT2D eigenvalue weighted by Gasteiger charge is -2.02. The van der Waals surface area contributed by atoms with Crippen molar-refractivity contribution in [1.29, 1.82) is 0 Å². The number of rotatable bonds is 2. The van der Waals surface area contributed by atoms with Crippen LogP contribution in [0.1, 0.15) is 5.69 Å². The average Bonchev–Trinajstić information content (AvgIpc) is 2.80. The third kappa shape index (κ3) is 2.27. The van der Waals surface area contributed by atoms with Crippen LogP contribution in [0.15, 0.2) is 34.7 Å². The maximum absolute atomic E-state index is 5.97. The standard InChI is InChI=1S/C14H12ClN3O/c1-8-5-11(18-14(16-2)17-8)13-7-9-6-10(15)3-4-12(9)19-13/h3-7H,1-2H3,(H,16,17,18). The number of aryl methyl sites for hydroxylation is 1. The fourth-order valence-corrected chi connectivity index (χ4v) is 2.13. The van der Waals surface area contributed by atoms with Crippen LogP contribution in [0.4, 0.5) is 5.95 Å². The zero-order valence-corrected chi connectivity index (χ0v) is 11.3. The molecule has 0 unspecified atom stereocenters. The molecule has 3 rings (SSSR count). The van der Waals surface area contributed by atoms with E-state index in [2.05, 4.69) is 15.3 Å². The molecule has 0 aliphatic rings. The predicted molar refractivity (Wildman–Crippen MR) is 76.5 cm³/mol. The first-order chi connectivity index (χ1) is 9.15. The van der Waals surface area contributed by atoms with Crippen LogP contribution in [0.25, 0.3) is 22.4 Å². The minimum absolute atomic E-state index is 0.577. The largest absolute Gasteiger partial charge is 0.454 e. The van der Waals surface area contributed by atoms with E-state index >= 15 is 0 Å². The van der Waals surface area contributed by atoms with E-state index in [-0.39, 0.29) is 0 Å². The van der Waals surface area contributed by atoms with Crippen LogP contribution in [0, 0.1) is 6.92 Å². The zero-order valence-electron chi connectivity index (χ0n) is 10.6. The number of aromatic nitrogens is 2. The van der Waals surface area contributed by atoms with Gasteiger partial charge in [0.1, 0.15) is 11.3 Å². The van der Waals surface area contributed by atoms with Crippen molar-refractivity contribution in [1.82, 2.24) is 9.97 Å². The molecule has 19 heavy (non-hydrogen) atoms. The van der Waals surface area contributed by atoms with Crippen molar-refractivity contribution in [2.75, 3.05) is 12.4 Å². The molecular formula is C14H12ClN3O. The molecule has 4 nitrogen and oxygen atoms in total. The maximum atomic E-state index is 5.97. The Kier molecular flexibility index (Phi) is 2.87. The molecule has 0 amide bonds. The molecule has 96 valence electrons. The number of nitrogens with one attached hydrogen (secondary N) is 1. The van der Waals surface area contributed by atoms with Crippen LogP contribution in [0.5, 0.6) is 0 Å². The SMILES string of the molecule is CNc1nc(C)cc(-c2cc3cc(Cl)ccc3o2)n1. The second kappa shape index (κ2) is 4.55. The Hall–Kier alpha value is -2.07. The Labute approximate surface area is 115 Å². The van der Waals surface area contributed by atoms with E-state index in [9.17, 15) is 0 Å². The minimum Gasteiger partial charge on any atom is -0.454 e. The first kappa shape index (κ1) is 12.0. The Morgan fingerprint density at radius 1 is 1.16 bits per heavy atom. The van der Waals surface area contributed by atoms with E-state index in [0.29, 0.717) is 16.7 Å². The summed E-state index contributed by atoms with van der Waals surface area (Å²) in [5.41, 5.74) is 2.43. The number of nitrogens with zero attached hydrogens (tertiary/aromatic N) is 2. The molecule has 5 heteroatoms. The van der Waals surface area contributed by atoms with Gasteiger partial charge in [-0.1, -0.05) is 11.6 Å². The smallest absolute Gasteiger partial charge is 0.223 e. The molecule has 1 N–H and O–H groups in total. The molecule has 0 saturated carbocycles. The molecular weight excluding hydrogens is 262 g/mol. The molecule has 2 aromatic heterocycles. The van der Waals surface area contributed by atoms with Gasteiger partial charge in [-0.15, -0.1) is 0 Å². The van der Waals surface area contributed by atoms with E-state index in [4.69, 9.17) is 16.0 Å². The Balaban J connectivity index is 2.15. The summed E-state index contributed by atoms with van der Waals surface area (Å²) in [6, 6.07) is 9.36. The first-order valence-corrected chi connectivity index (χ1v) is 6.26. The van der Waals surface area contributed by atoms with Gasteiger partial charge in [0.2, 0.25) is 5.95 Å². The highest BCUT2D eigenvalue weighted by atomic mass is 35.5. The molecule has 1 aromatic carbocycles. The topological polar surface area (TPSA) is 51.0 Å². The summed E-state index contributed by atoms with van der Waals surface area (Å²) in [6.07, 6.45) is 0. The quantitative estimate of drug-likeness (QED) is 0.769. The monoisotopic (exact) mass is 273 g/mol. The lowest BCUT2D eigenvalue weighted by atomic mass is 10.2. The van der Waals surface area contributed by atoms with Crippen molar-refractivity contribution in [3.63, 3.8) is 0 Å². The summed E-state index contributed by atoms with van der Waals surface area (Å²) < 4.78 is 5.79. The van der Waals surface area contributed by atoms with Gasteiger partial charge in [0.05, 0.1) is 0 Å². The van der Waals surface area contributed by atoms with Gasteiger partial charge in [-0.05, 0) is 37.3 Å². The highest BCUT2D eigenvalue weighted by Gasteiger charge is 2.10. The van der Waals surface area contributed by atoms with E-state index in [1.807, 2.05) is 31.2 Å². The van der Waals surface area contributed by atoms with Gasteiger partial charge in [0.25, 0.3) is 0 Å². The van der Waals surface area contributed by atoms with Crippen molar-refractivity contribution >= 4 is 28.5 Å². The lowest BCUT2D eigenvalue weighted by molar-refractivity contribution is 0.628. The van der Waals surface area contributed by atoms with Gasteiger partial charge in [0, 0.05) is 23.2 Å². The Morgan fingerprint density at radius 2 is 2.00 bits per heavy atom. The van der Waals surface area contributed by atoms with Gasteiger partial charge in [-0.25, -0.2) is 9.97 Å². The number of halogens is 1. The lowest BCUT2D eigenvalue weighted by Crippen LogP contribution is -1.98. The van der Waals surface area contributed by atoms with E-state index in [1.165, 1.54) is 0 Å². The van der Waals surface area contributed by atoms with Crippen LogP contribution < -0.4 is 5.32 Å². The molecule has 0 atom stereocenters. The molecule has 2 heterocycles. The van der Waals surface area contributed by atoms with Crippen LogP contribution >= 0.6 is 11.6 Å². The van der Waals surface area contributed by atoms with Gasteiger partial charge in [-0.2, -0.15) is 0 Å². The number of hydrogen-bond acceptors (Lipinski definition) is 4. The number of furan rings is 1. The maximum Gasteiger partial charge on any atom is 0.223 e. The normalized spacial score (nSPS) is 10.9. The predicted octanol–water partition coefficient (Wildman–Crippen LogP) is 3.89. The van der Waals surface area contributed by atoms with Crippen molar-refractivity contribution < 1.29 is 4.42 Å². The van der Waals surface area contributed by atoms with Gasteiger partial charge >= 0.3 is 0 Å². The van der Waals surface area contributed by atoms with E-state index in [1.54, 1.807) is 13.1 Å². The van der Waals surface area contributed by atoms with Crippen molar-refractivity contribution in [3.8, 4) is 11.5 Å². The van der Waals surface area contributed by atoms with Gasteiger partial charge in [0.15, 0.2) is 5.76 Å². The fraction of sp³-hybridized carbons (Fsp3) is 0.143. The van der Waals surface area contributed by atoms with Crippen molar-refractivity contribution in [3.05, 3.63) is 41.0 Å². The second-order valence-electron chi connectivity index (χ2n) is 4.26. The highest BCUT2D eigenvalue weighted by molar-refractivity contribution is 6.31. The number of benzene rings is 1. The summed E-state index contributed by atoms with van der Waals surface area (Å²) in [4.78, 5) is 8.65. The zero-order chi connectivity index (χ0) is 13.4. The molecule has 0 saturated heterocycles. The van der Waals surface area contributed by atoms with Crippen LogP contribution in [-0.4, -0.2) is 17.0 Å². The van der Waals surface area contributed by atoms with Crippen molar-refractivity contribution in [2.45, 2.75) is 6.92 Å². The third-order valence-electron chi connectivity index (χ3n) is 2.81. The summed E-state index contributed by atoms with van der Waals surface area (Å²) in [5.74, 6) is 1.28. The summed E-state index contributed by atoms with van der Waals surface area (Å²) in [7, 11) is 1.79. The van der Waals surface area contributed by atoms with E-state index in [0.717, 1.165) is 22.4 Å². The Bertz CT molecular complexity index is 752. The van der Waals surface area contributed by atoms with Crippen LogP contribution in [0.2, 0.25) is 5.02 Å². The molecule has 0 radical (unpaired) electrons. The summed E-state index contributed by atoms with van der Waals surface area (Å²) in [5, 5.41) is 4.59. The van der Waals surface area contributed by atoms with Gasteiger partial charge in [-0.3, -0.25) is 0 Å². The van der Waals surface area contributed by atoms with Crippen LogP contribution in [0.3, 0.4) is 0 Å². The van der Waals surface area contributed by atoms with Gasteiger partial charge < -0.3 is 9.73 Å². The molecule has 3 aromatic rings. The third-order valence-corrected chi connectivity index (χ3v) is 3.04. The van der Waals surface area contributed by atoms with Crippen molar-refractivity contribution in [2.24, 2.45) is 0 Å². The molecule has 0 aliphatic heterocycles. The van der Waals surface area contributed by atoms with Crippen LogP contribution in [-0.2, 0) is 0 Å². The van der Waals surface area contributed by atoms with E-state index < -0.39 is 0 Å². The fourth-order valence-electron chi connectivity index (χ4n) is 1.95. The second-order valence-corrected chi connectivity index (χ2v) is 4.70. The summed E-state index contributed by atoms with van der Waals surface area (Å²) in [6.45, 7) is 1.92. The molecule has 0 aliphatic carbocycles. The molecule has 0 fully saturated rings. The Morgan fingerprint density at radius 3 is 2.79 bits per heavy atom. The summed E-state index contributed by atoms with van der Waals surface area (Å²) >= 11 is 5.97. The molecule has 0 spiro atoms. The molecule has 0 bridgehead atoms. The first-order valence-electron chi connectivity index (χ1n) is 5.88. The minimum atomic E-state index is 0.577.